The van der Waals surface area contributed by atoms with E-state index in [1.54, 1.807) is 35.6 Å². The molecule has 0 bridgehead atoms. The topological polar surface area (TPSA) is 71.7 Å². The molecule has 1 aliphatic heterocycles. The number of rotatable bonds is 7. The van der Waals surface area contributed by atoms with Gasteiger partial charge >= 0.3 is 0 Å². The average molecular weight is 428 g/mol. The number of nitro groups is 1. The van der Waals surface area contributed by atoms with Gasteiger partial charge in [0, 0.05) is 55.9 Å². The maximum atomic E-state index is 12.9. The van der Waals surface area contributed by atoms with Crippen LogP contribution in [0.2, 0.25) is 0 Å². The Morgan fingerprint density at radius 1 is 1.13 bits per heavy atom. The molecule has 0 spiro atoms. The van der Waals surface area contributed by atoms with Crippen LogP contribution >= 0.6 is 11.3 Å². The van der Waals surface area contributed by atoms with E-state index in [0.717, 1.165) is 49.1 Å². The number of benzene rings is 2. The number of nitro benzene ring substituents is 1. The molecule has 0 atom stereocenters. The van der Waals surface area contributed by atoms with E-state index in [0.29, 0.717) is 12.4 Å². The quantitative estimate of drug-likeness (QED) is 0.417. The Morgan fingerprint density at radius 3 is 2.63 bits per heavy atom. The number of hydrogen-bond acceptors (Lipinski definition) is 7. The molecule has 9 heteroatoms. The molecule has 1 aromatic heterocycles. The van der Waals surface area contributed by atoms with Gasteiger partial charge in [0.1, 0.15) is 23.2 Å². The standard InChI is InChI=1S/C21H21FN4O3S/c22-16-4-6-20(7-5-16)29-14-21-23-17(15-30-21)13-24-8-10-25(11-9-24)18-2-1-3-19(12-18)26(27)28/h1-7,12,15H,8-11,13-14H2. The molecule has 0 saturated carbocycles. The van der Waals surface area contributed by atoms with Gasteiger partial charge in [-0.2, -0.15) is 0 Å². The van der Waals surface area contributed by atoms with E-state index >= 15 is 0 Å². The van der Waals surface area contributed by atoms with Crippen molar-refractivity contribution in [3.63, 3.8) is 0 Å². The largest absolute Gasteiger partial charge is 0.486 e. The van der Waals surface area contributed by atoms with Crippen LogP contribution in [0.1, 0.15) is 10.7 Å². The summed E-state index contributed by atoms with van der Waals surface area (Å²) in [6.07, 6.45) is 0. The third-order valence-electron chi connectivity index (χ3n) is 4.94. The minimum Gasteiger partial charge on any atom is -0.486 e. The summed E-state index contributed by atoms with van der Waals surface area (Å²) in [6, 6.07) is 12.7. The molecule has 156 valence electrons. The van der Waals surface area contributed by atoms with Crippen LogP contribution in [0.4, 0.5) is 15.8 Å². The molecule has 0 N–H and O–H groups in total. The van der Waals surface area contributed by atoms with Crippen molar-refractivity contribution < 1.29 is 14.1 Å². The Labute approximate surface area is 177 Å². The van der Waals surface area contributed by atoms with Crippen LogP contribution in [0, 0.1) is 15.9 Å². The predicted octanol–water partition coefficient (Wildman–Crippen LogP) is 4.09. The maximum absolute atomic E-state index is 12.9. The van der Waals surface area contributed by atoms with E-state index in [4.69, 9.17) is 4.74 Å². The van der Waals surface area contributed by atoms with E-state index in [-0.39, 0.29) is 16.4 Å². The fourth-order valence-electron chi connectivity index (χ4n) is 3.36. The maximum Gasteiger partial charge on any atom is 0.271 e. The van der Waals surface area contributed by atoms with E-state index in [9.17, 15) is 14.5 Å². The second kappa shape index (κ2) is 9.19. The minimum atomic E-state index is -0.362. The van der Waals surface area contributed by atoms with Gasteiger partial charge in [-0.15, -0.1) is 11.3 Å². The summed E-state index contributed by atoms with van der Waals surface area (Å²) in [6.45, 7) is 4.47. The van der Waals surface area contributed by atoms with Crippen molar-refractivity contribution in [3.8, 4) is 5.75 Å². The molecule has 0 unspecified atom stereocenters. The highest BCUT2D eigenvalue weighted by Gasteiger charge is 2.19. The number of non-ortho nitro benzene ring substituents is 1. The number of aromatic nitrogens is 1. The summed E-state index contributed by atoms with van der Waals surface area (Å²) in [5.41, 5.74) is 2.01. The lowest BCUT2D eigenvalue weighted by Gasteiger charge is -2.35. The van der Waals surface area contributed by atoms with E-state index in [1.165, 1.54) is 18.2 Å². The molecule has 4 rings (SSSR count). The molecule has 1 saturated heterocycles. The van der Waals surface area contributed by atoms with Crippen LogP contribution < -0.4 is 9.64 Å². The highest BCUT2D eigenvalue weighted by atomic mass is 32.1. The van der Waals surface area contributed by atoms with Crippen molar-refractivity contribution in [2.45, 2.75) is 13.2 Å². The summed E-state index contributed by atoms with van der Waals surface area (Å²) in [5, 5.41) is 13.9. The number of piperazine rings is 1. The first kappa shape index (κ1) is 20.2. The third-order valence-corrected chi connectivity index (χ3v) is 5.81. The fourth-order valence-corrected chi connectivity index (χ4v) is 4.06. The second-order valence-electron chi connectivity index (χ2n) is 7.02. The van der Waals surface area contributed by atoms with E-state index in [1.807, 2.05) is 11.4 Å². The van der Waals surface area contributed by atoms with Crippen LogP contribution in [0.15, 0.2) is 53.9 Å². The number of ether oxygens (including phenoxy) is 1. The summed E-state index contributed by atoms with van der Waals surface area (Å²) in [5.74, 6) is 0.329. The summed E-state index contributed by atoms with van der Waals surface area (Å²) < 4.78 is 18.6. The van der Waals surface area contributed by atoms with Gasteiger partial charge < -0.3 is 9.64 Å². The first-order chi connectivity index (χ1) is 14.6. The lowest BCUT2D eigenvalue weighted by molar-refractivity contribution is -0.384. The number of hydrogen-bond donors (Lipinski definition) is 0. The van der Waals surface area contributed by atoms with Crippen LogP contribution in [0.5, 0.6) is 5.75 Å². The molecular formula is C21H21FN4O3S. The molecule has 0 amide bonds. The van der Waals surface area contributed by atoms with Crippen molar-refractivity contribution >= 4 is 22.7 Å². The van der Waals surface area contributed by atoms with Gasteiger partial charge in [-0.1, -0.05) is 6.07 Å². The zero-order valence-electron chi connectivity index (χ0n) is 16.2. The van der Waals surface area contributed by atoms with Crippen LogP contribution in [-0.4, -0.2) is 41.0 Å². The zero-order chi connectivity index (χ0) is 20.9. The van der Waals surface area contributed by atoms with Gasteiger partial charge in [-0.3, -0.25) is 15.0 Å². The normalized spacial score (nSPS) is 14.6. The Balaban J connectivity index is 1.27. The molecule has 3 aromatic rings. The molecule has 2 aromatic carbocycles. The number of anilines is 1. The van der Waals surface area contributed by atoms with E-state index in [2.05, 4.69) is 14.8 Å². The third kappa shape index (κ3) is 5.11. The average Bonchev–Trinajstić information content (AvgIpc) is 3.21. The van der Waals surface area contributed by atoms with Gasteiger partial charge in [-0.05, 0) is 30.3 Å². The van der Waals surface area contributed by atoms with Crippen molar-refractivity contribution in [1.82, 2.24) is 9.88 Å². The summed E-state index contributed by atoms with van der Waals surface area (Å²) >= 11 is 1.55. The molecule has 2 heterocycles. The highest BCUT2D eigenvalue weighted by molar-refractivity contribution is 7.09. The Morgan fingerprint density at radius 2 is 1.90 bits per heavy atom. The molecule has 30 heavy (non-hydrogen) atoms. The fraction of sp³-hybridized carbons (Fsp3) is 0.286. The molecule has 0 radical (unpaired) electrons. The van der Waals surface area contributed by atoms with Gasteiger partial charge in [-0.25, -0.2) is 9.37 Å². The van der Waals surface area contributed by atoms with Crippen molar-refractivity contribution in [3.05, 3.63) is 80.5 Å². The first-order valence-electron chi connectivity index (χ1n) is 9.60. The molecular weight excluding hydrogens is 407 g/mol. The number of halogens is 1. The highest BCUT2D eigenvalue weighted by Crippen LogP contribution is 2.23. The Kier molecular flexibility index (Phi) is 6.20. The van der Waals surface area contributed by atoms with E-state index < -0.39 is 0 Å². The minimum absolute atomic E-state index is 0.118. The molecule has 1 fully saturated rings. The Hall–Kier alpha value is -3.04. The van der Waals surface area contributed by atoms with Gasteiger partial charge in [0.25, 0.3) is 5.69 Å². The molecule has 1 aliphatic rings. The first-order valence-corrected chi connectivity index (χ1v) is 10.5. The van der Waals surface area contributed by atoms with Crippen LogP contribution in [0.3, 0.4) is 0 Å². The van der Waals surface area contributed by atoms with Gasteiger partial charge in [0.15, 0.2) is 0 Å². The lowest BCUT2D eigenvalue weighted by Crippen LogP contribution is -2.46. The molecule has 7 nitrogen and oxygen atoms in total. The predicted molar refractivity (Wildman–Crippen MR) is 113 cm³/mol. The number of nitrogens with zero attached hydrogens (tertiary/aromatic N) is 4. The lowest BCUT2D eigenvalue weighted by atomic mass is 10.2. The van der Waals surface area contributed by atoms with Crippen molar-refractivity contribution in [1.29, 1.82) is 0 Å². The summed E-state index contributed by atoms with van der Waals surface area (Å²) in [4.78, 5) is 19.8. The van der Waals surface area contributed by atoms with Crippen molar-refractivity contribution in [2.24, 2.45) is 0 Å². The van der Waals surface area contributed by atoms with Gasteiger partial charge in [0.05, 0.1) is 10.6 Å². The second-order valence-corrected chi connectivity index (χ2v) is 7.96. The zero-order valence-corrected chi connectivity index (χ0v) is 17.1. The van der Waals surface area contributed by atoms with Gasteiger partial charge in [0.2, 0.25) is 0 Å². The summed E-state index contributed by atoms with van der Waals surface area (Å²) in [7, 11) is 0. The van der Waals surface area contributed by atoms with Crippen LogP contribution in [-0.2, 0) is 13.2 Å². The Bertz CT molecular complexity index is 1000. The number of thiazole rings is 1. The van der Waals surface area contributed by atoms with Crippen molar-refractivity contribution in [2.75, 3.05) is 31.1 Å². The monoisotopic (exact) mass is 428 g/mol. The van der Waals surface area contributed by atoms with Crippen LogP contribution in [0.25, 0.3) is 0 Å². The SMILES string of the molecule is O=[N+]([O-])c1cccc(N2CCN(Cc3csc(COc4ccc(F)cc4)n3)CC2)c1. The smallest absolute Gasteiger partial charge is 0.271 e. The molecule has 0 aliphatic carbocycles.